The van der Waals surface area contributed by atoms with Crippen molar-refractivity contribution in [2.75, 3.05) is 46.1 Å². The number of ether oxygens (including phenoxy) is 1. The molecule has 3 N–H and O–H groups in total. The van der Waals surface area contributed by atoms with Gasteiger partial charge in [-0.15, -0.1) is 10.2 Å². The summed E-state index contributed by atoms with van der Waals surface area (Å²) < 4.78 is 8.70. The van der Waals surface area contributed by atoms with Gasteiger partial charge in [0.1, 0.15) is 17.5 Å². The number of aromatic nitrogens is 4. The minimum absolute atomic E-state index is 0.178. The summed E-state index contributed by atoms with van der Waals surface area (Å²) in [6, 6.07) is 14.9. The smallest absolute Gasteiger partial charge is 0.319 e. The highest BCUT2D eigenvalue weighted by atomic mass is 16.5. The first kappa shape index (κ1) is 34.3. The van der Waals surface area contributed by atoms with E-state index in [1.54, 1.807) is 6.07 Å². The first-order valence-electron chi connectivity index (χ1n) is 17.2. The Hall–Kier alpha value is -4.55. The number of rotatable bonds is 9. The van der Waals surface area contributed by atoms with Gasteiger partial charge < -0.3 is 25.6 Å². The number of hydrogen-bond donors (Lipinski definition) is 3. The van der Waals surface area contributed by atoms with Crippen LogP contribution in [0.1, 0.15) is 98.7 Å². The van der Waals surface area contributed by atoms with E-state index in [4.69, 9.17) is 4.74 Å². The summed E-state index contributed by atoms with van der Waals surface area (Å²) in [4.78, 5) is 35.4. The molecule has 12 nitrogen and oxygen atoms in total. The number of amides is 3. The number of benzene rings is 1. The van der Waals surface area contributed by atoms with Gasteiger partial charge in [0.05, 0.1) is 17.8 Å². The molecule has 1 fully saturated rings. The number of carbonyl (C=O) groups excluding carboxylic acids is 2. The SMILES string of the molecule is CN(C)CCNC(=O)c1cc(NC(=O)N[C@H]2CC[C@@H](Oc3ccc4nnc(C5(C)CCCN5C)n4c3)c3ccccc32)cc(C(C)(C)C)n1. The van der Waals surface area contributed by atoms with Gasteiger partial charge in [-0.3, -0.25) is 14.1 Å². The largest absolute Gasteiger partial charge is 0.484 e. The van der Waals surface area contributed by atoms with Crippen LogP contribution in [0.4, 0.5) is 10.5 Å². The summed E-state index contributed by atoms with van der Waals surface area (Å²) in [6.07, 6.45) is 5.39. The molecule has 6 rings (SSSR count). The first-order chi connectivity index (χ1) is 23.3. The van der Waals surface area contributed by atoms with Crippen molar-refractivity contribution in [2.24, 2.45) is 0 Å². The third kappa shape index (κ3) is 7.40. The highest BCUT2D eigenvalue weighted by molar-refractivity contribution is 5.95. The number of carbonyl (C=O) groups is 2. The fourth-order valence-electron chi connectivity index (χ4n) is 6.79. The van der Waals surface area contributed by atoms with E-state index >= 15 is 0 Å². The quantitative estimate of drug-likeness (QED) is 0.216. The Bertz CT molecular complexity index is 1830. The van der Waals surface area contributed by atoms with Crippen molar-refractivity contribution in [3.05, 3.63) is 83.1 Å². The third-order valence-corrected chi connectivity index (χ3v) is 9.80. The maximum Gasteiger partial charge on any atom is 0.319 e. The fraction of sp³-hybridized carbons (Fsp3) is 0.486. The summed E-state index contributed by atoms with van der Waals surface area (Å²) in [5, 5.41) is 18.1. The first-order valence-corrected chi connectivity index (χ1v) is 17.2. The topological polar surface area (TPSA) is 129 Å². The van der Waals surface area contributed by atoms with Crippen LogP contribution in [0.2, 0.25) is 0 Å². The highest BCUT2D eigenvalue weighted by Crippen LogP contribution is 2.40. The van der Waals surface area contributed by atoms with Crippen LogP contribution in [0, 0.1) is 0 Å². The number of anilines is 1. The molecule has 260 valence electrons. The van der Waals surface area contributed by atoms with Gasteiger partial charge in [-0.25, -0.2) is 9.78 Å². The minimum Gasteiger partial charge on any atom is -0.484 e. The molecule has 1 aromatic carbocycles. The second kappa shape index (κ2) is 13.8. The maximum absolute atomic E-state index is 13.4. The normalized spacial score (nSPS) is 21.1. The van der Waals surface area contributed by atoms with E-state index in [2.05, 4.69) is 60.5 Å². The molecule has 0 radical (unpaired) electrons. The lowest BCUT2D eigenvalue weighted by Gasteiger charge is -2.32. The lowest BCUT2D eigenvalue weighted by molar-refractivity contribution is 0.0945. The molecular formula is C37H49N9O3. The molecule has 1 aliphatic carbocycles. The lowest BCUT2D eigenvalue weighted by Crippen LogP contribution is -2.37. The number of likely N-dealkylation sites (tertiary alicyclic amines) is 1. The molecule has 3 atom stereocenters. The molecule has 2 aliphatic rings. The average Bonchev–Trinajstić information content (AvgIpc) is 3.64. The van der Waals surface area contributed by atoms with E-state index in [-0.39, 0.29) is 40.7 Å². The van der Waals surface area contributed by atoms with Crippen LogP contribution in [0.25, 0.3) is 5.65 Å². The summed E-state index contributed by atoms with van der Waals surface area (Å²) in [7, 11) is 6.05. The van der Waals surface area contributed by atoms with E-state index in [1.807, 2.05) is 82.4 Å². The van der Waals surface area contributed by atoms with Crippen LogP contribution < -0.4 is 20.7 Å². The van der Waals surface area contributed by atoms with Crippen molar-refractivity contribution in [3.63, 3.8) is 0 Å². The Labute approximate surface area is 288 Å². The summed E-state index contributed by atoms with van der Waals surface area (Å²) in [5.74, 6) is 1.40. The van der Waals surface area contributed by atoms with Gasteiger partial charge in [0.25, 0.3) is 5.91 Å². The Balaban J connectivity index is 1.17. The maximum atomic E-state index is 13.4. The average molecular weight is 668 g/mol. The molecule has 3 aromatic heterocycles. The molecular weight excluding hydrogens is 618 g/mol. The van der Waals surface area contributed by atoms with Crippen molar-refractivity contribution >= 4 is 23.3 Å². The number of nitrogens with one attached hydrogen (secondary N) is 3. The Kier molecular flexibility index (Phi) is 9.63. The number of urea groups is 1. The lowest BCUT2D eigenvalue weighted by atomic mass is 9.85. The molecule has 1 unspecified atom stereocenters. The molecule has 1 aliphatic heterocycles. The van der Waals surface area contributed by atoms with Gasteiger partial charge in [-0.05, 0) is 95.7 Å². The molecule has 1 saturated heterocycles. The highest BCUT2D eigenvalue weighted by Gasteiger charge is 2.40. The zero-order chi connectivity index (χ0) is 34.9. The number of fused-ring (bicyclic) bond motifs is 2. The molecule has 4 heterocycles. The summed E-state index contributed by atoms with van der Waals surface area (Å²) in [5.41, 5.74) is 3.85. The standard InChI is InChI=1S/C37H49N9O3/c1-36(2,3)31-22-24(21-29(40-31)33(47)38-18-20-44(5)6)39-35(48)41-28-14-15-30(27-12-9-8-11-26(27)28)49-25-13-16-32-42-43-34(46(32)23-25)37(4)17-10-19-45(37)7/h8-9,11-13,16,21-23,28,30H,10,14-15,17-20H2,1-7H3,(H,38,47)(H2,39,40,41,48)/t28-,30+,37?/m0/s1. The molecule has 0 spiro atoms. The second-order valence-corrected chi connectivity index (χ2v) is 14.8. The van der Waals surface area contributed by atoms with E-state index in [9.17, 15) is 9.59 Å². The molecule has 0 saturated carbocycles. The van der Waals surface area contributed by atoms with Gasteiger partial charge in [0.15, 0.2) is 11.5 Å². The summed E-state index contributed by atoms with van der Waals surface area (Å²) in [6.45, 7) is 10.6. The van der Waals surface area contributed by atoms with Crippen molar-refractivity contribution in [1.29, 1.82) is 0 Å². The van der Waals surface area contributed by atoms with E-state index in [1.165, 1.54) is 0 Å². The molecule has 3 amide bonds. The Morgan fingerprint density at radius 2 is 1.84 bits per heavy atom. The second-order valence-electron chi connectivity index (χ2n) is 14.8. The molecule has 12 heteroatoms. The molecule has 0 bridgehead atoms. The number of pyridine rings is 2. The Morgan fingerprint density at radius 3 is 2.55 bits per heavy atom. The molecule has 4 aromatic rings. The molecule has 49 heavy (non-hydrogen) atoms. The van der Waals surface area contributed by atoms with E-state index in [0.717, 1.165) is 54.2 Å². The van der Waals surface area contributed by atoms with Gasteiger partial charge in [-0.2, -0.15) is 0 Å². The van der Waals surface area contributed by atoms with Crippen molar-refractivity contribution in [3.8, 4) is 5.75 Å². The Morgan fingerprint density at radius 1 is 1.06 bits per heavy atom. The van der Waals surface area contributed by atoms with Crippen LogP contribution in [0.5, 0.6) is 5.75 Å². The number of likely N-dealkylation sites (N-methyl/N-ethyl adjacent to an activating group) is 1. The van der Waals surface area contributed by atoms with Crippen LogP contribution in [0.15, 0.2) is 54.7 Å². The van der Waals surface area contributed by atoms with Crippen LogP contribution in [-0.2, 0) is 11.0 Å². The van der Waals surface area contributed by atoms with Gasteiger partial charge in [-0.1, -0.05) is 45.0 Å². The predicted molar refractivity (Wildman–Crippen MR) is 190 cm³/mol. The zero-order valence-corrected chi connectivity index (χ0v) is 29.7. The monoisotopic (exact) mass is 667 g/mol. The predicted octanol–water partition coefficient (Wildman–Crippen LogP) is 5.43. The van der Waals surface area contributed by atoms with Crippen molar-refractivity contribution in [2.45, 2.75) is 76.5 Å². The van der Waals surface area contributed by atoms with Gasteiger partial charge in [0, 0.05) is 29.9 Å². The number of nitrogens with zero attached hydrogens (tertiary/aromatic N) is 6. The van der Waals surface area contributed by atoms with Crippen molar-refractivity contribution in [1.82, 2.24) is 40.0 Å². The zero-order valence-electron chi connectivity index (χ0n) is 29.7. The van der Waals surface area contributed by atoms with Crippen LogP contribution >= 0.6 is 0 Å². The van der Waals surface area contributed by atoms with Crippen LogP contribution in [-0.4, -0.2) is 82.1 Å². The van der Waals surface area contributed by atoms with E-state index in [0.29, 0.717) is 30.9 Å². The summed E-state index contributed by atoms with van der Waals surface area (Å²) >= 11 is 0. The van der Waals surface area contributed by atoms with Crippen LogP contribution in [0.3, 0.4) is 0 Å². The fourth-order valence-corrected chi connectivity index (χ4v) is 6.79. The third-order valence-electron chi connectivity index (χ3n) is 9.80. The number of hydrogen-bond acceptors (Lipinski definition) is 8. The van der Waals surface area contributed by atoms with Gasteiger partial charge >= 0.3 is 6.03 Å². The van der Waals surface area contributed by atoms with Gasteiger partial charge in [0.2, 0.25) is 0 Å². The van der Waals surface area contributed by atoms with E-state index < -0.39 is 0 Å². The van der Waals surface area contributed by atoms with Crippen molar-refractivity contribution < 1.29 is 14.3 Å². The minimum atomic E-state index is -0.347.